The number of esters is 1. The molecule has 8 atom stereocenters. The van der Waals surface area contributed by atoms with E-state index in [0.29, 0.717) is 12.8 Å². The number of ether oxygens (including phenoxy) is 1. The Balaban J connectivity index is 0.00000417. The summed E-state index contributed by atoms with van der Waals surface area (Å²) in [5.74, 6) is 0.0208. The van der Waals surface area contributed by atoms with Crippen LogP contribution in [0.1, 0.15) is 65.4 Å². The number of nitrogens with zero attached hydrogens (tertiary/aromatic N) is 2. The largest absolute Gasteiger partial charge is 1.00 e. The fraction of sp³-hybridized carbons (Fsp3) is 0.514. The summed E-state index contributed by atoms with van der Waals surface area (Å²) in [6, 6.07) is 14.5. The van der Waals surface area contributed by atoms with E-state index in [1.807, 2.05) is 36.6 Å². The molecule has 246 valence electrons. The van der Waals surface area contributed by atoms with E-state index < -0.39 is 23.0 Å². The van der Waals surface area contributed by atoms with Gasteiger partial charge >= 0.3 is 5.97 Å². The number of thioether (sulfide) groups is 1. The first kappa shape index (κ1) is 35.0. The minimum absolute atomic E-state index is 0. The molecule has 6 nitrogen and oxygen atoms in total. The van der Waals surface area contributed by atoms with Crippen LogP contribution in [0.3, 0.4) is 0 Å². The third-order valence-electron chi connectivity index (χ3n) is 11.8. The van der Waals surface area contributed by atoms with Crippen LogP contribution in [0.25, 0.3) is 11.3 Å². The van der Waals surface area contributed by atoms with Gasteiger partial charge in [0.05, 0.1) is 17.6 Å². The normalized spacial score (nSPS) is 33.7. The maximum absolute atomic E-state index is 13.6. The third kappa shape index (κ3) is 6.17. The number of Topliss-reactive ketones (excluding diaryl/α,β-unsaturated/α-hetero) is 1. The average Bonchev–Trinajstić information content (AvgIpc) is 3.67. The molecule has 0 spiro atoms. The summed E-state index contributed by atoms with van der Waals surface area (Å²) >= 11 is 2.91. The van der Waals surface area contributed by atoms with Gasteiger partial charge in [-0.25, -0.2) is 9.55 Å². The number of thiazole rings is 1. The van der Waals surface area contributed by atoms with Gasteiger partial charge in [0.2, 0.25) is 0 Å². The number of hydrogen-bond acceptors (Lipinski definition) is 7. The summed E-state index contributed by atoms with van der Waals surface area (Å²) in [7, 11) is 0. The summed E-state index contributed by atoms with van der Waals surface area (Å²) in [5.41, 5.74) is 1.72. The lowest BCUT2D eigenvalue weighted by Gasteiger charge is -2.61. The van der Waals surface area contributed by atoms with Crippen molar-refractivity contribution in [1.29, 1.82) is 0 Å². The van der Waals surface area contributed by atoms with Crippen LogP contribution in [0, 0.1) is 34.0 Å². The molecule has 0 unspecified atom stereocenters. The second-order valence-corrected chi connectivity index (χ2v) is 16.2. The predicted molar refractivity (Wildman–Crippen MR) is 179 cm³/mol. The lowest BCUT2D eigenvalue weighted by Crippen LogP contribution is -3.00. The Morgan fingerprint density at radius 1 is 1.17 bits per heavy atom. The summed E-state index contributed by atoms with van der Waals surface area (Å²) in [4.78, 5) is 32.0. The second-order valence-electron chi connectivity index (χ2n) is 14.1. The monoisotopic (exact) mass is 724 g/mol. The Morgan fingerprint density at radius 3 is 2.59 bits per heavy atom. The van der Waals surface area contributed by atoms with Gasteiger partial charge in [-0.2, -0.15) is 0 Å². The van der Waals surface area contributed by atoms with Crippen LogP contribution in [-0.4, -0.2) is 39.8 Å². The van der Waals surface area contributed by atoms with Crippen LogP contribution in [0.2, 0.25) is 0 Å². The smallest absolute Gasteiger partial charge is 0.316 e. The zero-order valence-corrected chi connectivity index (χ0v) is 30.4. The number of hydrogen-bond donors (Lipinski definition) is 1. The minimum Gasteiger partial charge on any atom is -1.00 e. The van der Waals surface area contributed by atoms with E-state index in [1.54, 1.807) is 0 Å². The molecule has 0 saturated heterocycles. The molecule has 3 fully saturated rings. The highest BCUT2D eigenvalue weighted by Gasteiger charge is 2.68. The summed E-state index contributed by atoms with van der Waals surface area (Å²) in [6.07, 6.45) is 8.44. The van der Waals surface area contributed by atoms with Crippen molar-refractivity contribution in [3.63, 3.8) is 0 Å². The lowest BCUT2D eigenvalue weighted by molar-refractivity contribution is -0.688. The minimum atomic E-state index is -0.670. The number of ketones is 1. The predicted octanol–water partition coefficient (Wildman–Crippen LogP) is 4.15. The molecule has 1 aromatic carbocycles. The van der Waals surface area contributed by atoms with E-state index >= 15 is 0 Å². The van der Waals surface area contributed by atoms with Crippen molar-refractivity contribution in [3.8, 4) is 11.3 Å². The van der Waals surface area contributed by atoms with Crippen LogP contribution in [0.5, 0.6) is 0 Å². The Hall–Kier alpha value is -2.33. The first-order chi connectivity index (χ1) is 21.5. The standard InChI is InChI=1S/C37H45N2O4S2.BrH/c1-6-35(4)20-30(36(5)24(2)12-16-37(25(3)33(35)42)17-13-29(40)32(36)37)43-31(41)23-45-34-38-28(22-44-34)27-14-18-39(19-15-27)21-26-10-8-7-9-11-26;/h6-11,14-15,18-19,22,24-25,30,32-33,42H,1,12-13,16-17,20-21,23H2,2-5H3;1H/q+1;/p-1/t24-,25+,30-,32+,33+,35-,36+,37+;/m1./s1. The lowest BCUT2D eigenvalue weighted by atomic mass is 9.44. The molecular formula is C37H45BrN2O4S2. The number of pyridine rings is 1. The molecule has 3 aromatic rings. The molecule has 3 aliphatic rings. The number of aliphatic hydroxyl groups is 1. The maximum atomic E-state index is 13.6. The van der Waals surface area contributed by atoms with Gasteiger partial charge in [-0.3, -0.25) is 9.59 Å². The van der Waals surface area contributed by atoms with Crippen LogP contribution in [0.4, 0.5) is 0 Å². The van der Waals surface area contributed by atoms with Gasteiger partial charge in [-0.05, 0) is 42.9 Å². The van der Waals surface area contributed by atoms with Crippen molar-refractivity contribution in [3.05, 3.63) is 78.5 Å². The Bertz CT molecular complexity index is 1560. The molecule has 3 saturated carbocycles. The molecule has 46 heavy (non-hydrogen) atoms. The Labute approximate surface area is 291 Å². The summed E-state index contributed by atoms with van der Waals surface area (Å²) in [5, 5.41) is 13.8. The highest BCUT2D eigenvalue weighted by Crippen LogP contribution is 2.68. The van der Waals surface area contributed by atoms with Crippen molar-refractivity contribution in [2.24, 2.45) is 34.0 Å². The Morgan fingerprint density at radius 2 is 1.89 bits per heavy atom. The van der Waals surface area contributed by atoms with Crippen molar-refractivity contribution in [2.45, 2.75) is 82.9 Å². The Kier molecular flexibility index (Phi) is 10.4. The number of benzene rings is 1. The van der Waals surface area contributed by atoms with Gasteiger partial charge in [0, 0.05) is 51.8 Å². The number of halogens is 1. The first-order valence-corrected chi connectivity index (χ1v) is 18.0. The topological polar surface area (TPSA) is 80.4 Å². The molecule has 2 aromatic heterocycles. The third-order valence-corrected chi connectivity index (χ3v) is 13.8. The first-order valence-electron chi connectivity index (χ1n) is 16.2. The van der Waals surface area contributed by atoms with E-state index in [9.17, 15) is 14.7 Å². The highest BCUT2D eigenvalue weighted by atomic mass is 79.9. The number of rotatable bonds is 8. The van der Waals surface area contributed by atoms with Crippen LogP contribution in [-0.2, 0) is 20.9 Å². The van der Waals surface area contributed by atoms with Crippen molar-refractivity contribution < 1.29 is 41.0 Å². The number of aliphatic hydroxyl groups excluding tert-OH is 1. The molecule has 2 heterocycles. The van der Waals surface area contributed by atoms with Gasteiger partial charge in [-0.15, -0.1) is 17.9 Å². The quantitative estimate of drug-likeness (QED) is 0.163. The van der Waals surface area contributed by atoms with E-state index in [0.717, 1.165) is 41.4 Å². The van der Waals surface area contributed by atoms with Crippen molar-refractivity contribution in [1.82, 2.24) is 4.98 Å². The number of aromatic nitrogens is 2. The van der Waals surface area contributed by atoms with Crippen molar-refractivity contribution in [2.75, 3.05) is 5.75 Å². The van der Waals surface area contributed by atoms with Gasteiger partial charge in [0.1, 0.15) is 11.9 Å². The molecule has 0 amide bonds. The fourth-order valence-corrected chi connectivity index (χ4v) is 10.4. The summed E-state index contributed by atoms with van der Waals surface area (Å²) < 4.78 is 9.35. The maximum Gasteiger partial charge on any atom is 0.316 e. The van der Waals surface area contributed by atoms with Gasteiger partial charge in [-0.1, -0.05) is 75.9 Å². The molecule has 0 aliphatic heterocycles. The van der Waals surface area contributed by atoms with Crippen molar-refractivity contribution >= 4 is 34.9 Å². The number of carbonyl (C=O) groups excluding carboxylic acids is 2. The van der Waals surface area contributed by atoms with E-state index in [2.05, 4.69) is 68.6 Å². The van der Waals surface area contributed by atoms with Crippen LogP contribution in [0.15, 0.2) is 77.2 Å². The van der Waals surface area contributed by atoms with Crippen LogP contribution < -0.4 is 21.5 Å². The SMILES string of the molecule is C=C[C@]1(C)C[C@@H](OC(=O)CSc2nc(-c3cc[n+](Cc4ccccc4)cc3)cs2)[C@]2(C)[C@H](C)CC[C@]3(CCC(=O)[C@H]32)[C@@H](C)[C@@H]1O.[Br-]. The average molecular weight is 726 g/mol. The second kappa shape index (κ2) is 13.7. The van der Waals surface area contributed by atoms with Gasteiger partial charge < -0.3 is 26.8 Å². The van der Waals surface area contributed by atoms with E-state index in [1.165, 1.54) is 28.7 Å². The molecule has 3 aliphatic carbocycles. The zero-order chi connectivity index (χ0) is 32.0. The summed E-state index contributed by atoms with van der Waals surface area (Å²) in [6.45, 7) is 13.4. The molecule has 0 radical (unpaired) electrons. The molecule has 1 N–H and O–H groups in total. The molecule has 9 heteroatoms. The van der Waals surface area contributed by atoms with E-state index in [-0.39, 0.29) is 57.7 Å². The fourth-order valence-electron chi connectivity index (χ4n) is 8.80. The van der Waals surface area contributed by atoms with E-state index in [4.69, 9.17) is 9.72 Å². The highest BCUT2D eigenvalue weighted by molar-refractivity contribution is 8.01. The number of carbonyl (C=O) groups is 2. The van der Waals surface area contributed by atoms with Crippen LogP contribution >= 0.6 is 23.1 Å². The van der Waals surface area contributed by atoms with Gasteiger partial charge in [0.15, 0.2) is 23.3 Å². The zero-order valence-electron chi connectivity index (χ0n) is 27.2. The molecule has 6 rings (SSSR count). The molecular weight excluding hydrogens is 680 g/mol. The molecule has 2 bridgehead atoms. The van der Waals surface area contributed by atoms with Gasteiger partial charge in [0.25, 0.3) is 0 Å².